The van der Waals surface area contributed by atoms with Crippen molar-refractivity contribution in [2.24, 2.45) is 0 Å². The Morgan fingerprint density at radius 2 is 1.81 bits per heavy atom. The van der Waals surface area contributed by atoms with Crippen LogP contribution in [-0.4, -0.2) is 27.8 Å². The molecule has 0 spiro atoms. The van der Waals surface area contributed by atoms with Crippen LogP contribution in [0.1, 0.15) is 33.5 Å². The van der Waals surface area contributed by atoms with Crippen LogP contribution in [0.4, 0.5) is 0 Å². The van der Waals surface area contributed by atoms with Crippen molar-refractivity contribution in [2.45, 2.75) is 20.0 Å². The Hall–Kier alpha value is -2.27. The van der Waals surface area contributed by atoms with Gasteiger partial charge in [-0.3, -0.25) is 9.78 Å². The summed E-state index contributed by atoms with van der Waals surface area (Å²) >= 11 is 5.76. The maximum Gasteiger partial charge on any atom is 0.359 e. The number of halogens is 1. The molecule has 1 atom stereocenters. The van der Waals surface area contributed by atoms with E-state index in [4.69, 9.17) is 16.3 Å². The summed E-state index contributed by atoms with van der Waals surface area (Å²) in [6, 6.07) is 6.38. The lowest BCUT2D eigenvalue weighted by molar-refractivity contribution is 0.0312. The minimum absolute atomic E-state index is 0.0661. The third-order valence-corrected chi connectivity index (χ3v) is 3.02. The topological polar surface area (TPSA) is 69.2 Å². The number of benzene rings is 1. The number of hydrogen-bond acceptors (Lipinski definition) is 5. The van der Waals surface area contributed by atoms with Crippen molar-refractivity contribution in [1.29, 1.82) is 0 Å². The van der Waals surface area contributed by atoms with E-state index in [-0.39, 0.29) is 11.5 Å². The van der Waals surface area contributed by atoms with Gasteiger partial charge in [0.25, 0.3) is 0 Å². The minimum Gasteiger partial charge on any atom is -0.449 e. The van der Waals surface area contributed by atoms with E-state index in [1.54, 1.807) is 31.2 Å². The molecule has 6 heteroatoms. The first-order chi connectivity index (χ1) is 9.97. The number of aryl methyl sites for hydroxylation is 1. The summed E-state index contributed by atoms with van der Waals surface area (Å²) in [4.78, 5) is 31.8. The van der Waals surface area contributed by atoms with Crippen LogP contribution in [-0.2, 0) is 4.74 Å². The first kappa shape index (κ1) is 15.1. The van der Waals surface area contributed by atoms with Gasteiger partial charge in [0, 0.05) is 16.8 Å². The fourth-order valence-electron chi connectivity index (χ4n) is 1.62. The Bertz CT molecular complexity index is 654. The highest BCUT2D eigenvalue weighted by molar-refractivity contribution is 6.30. The highest BCUT2D eigenvalue weighted by atomic mass is 35.5. The molecule has 21 heavy (non-hydrogen) atoms. The Morgan fingerprint density at radius 3 is 2.38 bits per heavy atom. The van der Waals surface area contributed by atoms with Crippen LogP contribution in [0.3, 0.4) is 0 Å². The number of Topliss-reactive ketones (excluding diaryl/α,β-unsaturated/α-hetero) is 1. The molecule has 0 unspecified atom stereocenters. The summed E-state index contributed by atoms with van der Waals surface area (Å²) in [5, 5.41) is 0.533. The second-order valence-electron chi connectivity index (χ2n) is 4.46. The molecule has 2 rings (SSSR count). The van der Waals surface area contributed by atoms with E-state index in [0.717, 1.165) is 0 Å². The van der Waals surface area contributed by atoms with Crippen LogP contribution >= 0.6 is 11.6 Å². The highest BCUT2D eigenvalue weighted by Crippen LogP contribution is 2.13. The van der Waals surface area contributed by atoms with E-state index in [9.17, 15) is 9.59 Å². The molecule has 0 radical (unpaired) electrons. The molecule has 5 nitrogen and oxygen atoms in total. The van der Waals surface area contributed by atoms with Gasteiger partial charge in [-0.25, -0.2) is 9.78 Å². The van der Waals surface area contributed by atoms with E-state index in [2.05, 4.69) is 9.97 Å². The maximum absolute atomic E-state index is 12.1. The van der Waals surface area contributed by atoms with Gasteiger partial charge in [0.05, 0.1) is 11.9 Å². The van der Waals surface area contributed by atoms with Crippen molar-refractivity contribution < 1.29 is 14.3 Å². The zero-order valence-electron chi connectivity index (χ0n) is 11.5. The van der Waals surface area contributed by atoms with Gasteiger partial charge >= 0.3 is 5.97 Å². The third-order valence-electron chi connectivity index (χ3n) is 2.77. The summed E-state index contributed by atoms with van der Waals surface area (Å²) in [6.07, 6.45) is 1.86. The molecular formula is C15H13ClN2O3. The van der Waals surface area contributed by atoms with Gasteiger partial charge in [-0.1, -0.05) is 11.6 Å². The molecular weight excluding hydrogens is 292 g/mol. The van der Waals surface area contributed by atoms with E-state index in [1.807, 2.05) is 0 Å². The molecule has 0 bridgehead atoms. The minimum atomic E-state index is -0.915. The van der Waals surface area contributed by atoms with Crippen LogP contribution in [0, 0.1) is 6.92 Å². The van der Waals surface area contributed by atoms with Gasteiger partial charge in [0.2, 0.25) is 5.78 Å². The average molecular weight is 305 g/mol. The number of ether oxygens (including phenoxy) is 1. The zero-order chi connectivity index (χ0) is 15.4. The third kappa shape index (κ3) is 3.86. The molecule has 0 aliphatic rings. The van der Waals surface area contributed by atoms with Crippen LogP contribution in [0.2, 0.25) is 5.02 Å². The van der Waals surface area contributed by atoms with Gasteiger partial charge in [-0.15, -0.1) is 0 Å². The summed E-state index contributed by atoms with van der Waals surface area (Å²) in [5.74, 6) is -0.989. The van der Waals surface area contributed by atoms with Crippen molar-refractivity contribution in [3.8, 4) is 0 Å². The lowest BCUT2D eigenvalue weighted by Gasteiger charge is -2.12. The number of carbonyl (C=O) groups excluding carboxylic acids is 2. The van der Waals surface area contributed by atoms with Gasteiger partial charge in [0.15, 0.2) is 11.8 Å². The van der Waals surface area contributed by atoms with Crippen molar-refractivity contribution in [3.05, 3.63) is 58.6 Å². The van der Waals surface area contributed by atoms with Crippen LogP contribution < -0.4 is 0 Å². The number of nitrogens with zero attached hydrogens (tertiary/aromatic N) is 2. The molecule has 108 valence electrons. The molecule has 1 aromatic heterocycles. The summed E-state index contributed by atoms with van der Waals surface area (Å²) in [6.45, 7) is 3.27. The summed E-state index contributed by atoms with van der Waals surface area (Å²) < 4.78 is 5.10. The second kappa shape index (κ2) is 6.45. The Morgan fingerprint density at radius 1 is 1.14 bits per heavy atom. The Balaban J connectivity index is 2.05. The number of esters is 1. The number of carbonyl (C=O) groups is 2. The van der Waals surface area contributed by atoms with E-state index < -0.39 is 12.1 Å². The monoisotopic (exact) mass is 304 g/mol. The molecule has 0 N–H and O–H groups in total. The van der Waals surface area contributed by atoms with Gasteiger partial charge < -0.3 is 4.74 Å². The summed E-state index contributed by atoms with van der Waals surface area (Å²) in [5.41, 5.74) is 1.18. The number of rotatable bonds is 4. The first-order valence-electron chi connectivity index (χ1n) is 6.27. The molecule has 0 aliphatic heterocycles. The van der Waals surface area contributed by atoms with Crippen molar-refractivity contribution >= 4 is 23.4 Å². The molecule has 0 amide bonds. The predicted octanol–water partition coefficient (Wildman–Crippen LogP) is 2.87. The van der Waals surface area contributed by atoms with Gasteiger partial charge in [-0.05, 0) is 38.1 Å². The van der Waals surface area contributed by atoms with E-state index >= 15 is 0 Å². The van der Waals surface area contributed by atoms with Crippen molar-refractivity contribution in [2.75, 3.05) is 0 Å². The van der Waals surface area contributed by atoms with Crippen LogP contribution in [0.15, 0.2) is 36.7 Å². The molecule has 1 aromatic carbocycles. The molecule has 0 aliphatic carbocycles. The molecule has 0 saturated carbocycles. The van der Waals surface area contributed by atoms with Crippen molar-refractivity contribution in [1.82, 2.24) is 9.97 Å². The lowest BCUT2D eigenvalue weighted by atomic mass is 10.1. The second-order valence-corrected chi connectivity index (χ2v) is 4.90. The van der Waals surface area contributed by atoms with E-state index in [0.29, 0.717) is 16.3 Å². The maximum atomic E-state index is 12.1. The Kier molecular flexibility index (Phi) is 4.65. The normalized spacial score (nSPS) is 11.8. The number of aromatic nitrogens is 2. The first-order valence-corrected chi connectivity index (χ1v) is 6.64. The van der Waals surface area contributed by atoms with Crippen LogP contribution in [0.5, 0.6) is 0 Å². The standard InChI is InChI=1S/C15H13ClN2O3/c1-9-7-18-13(8-17-9)15(20)21-10(2)14(19)11-3-5-12(16)6-4-11/h3-8,10H,1-2H3/t10-/m1/s1. The van der Waals surface area contributed by atoms with Gasteiger partial charge in [-0.2, -0.15) is 0 Å². The quantitative estimate of drug-likeness (QED) is 0.641. The Labute approximate surface area is 126 Å². The fourth-order valence-corrected chi connectivity index (χ4v) is 1.75. The lowest BCUT2D eigenvalue weighted by Crippen LogP contribution is -2.25. The zero-order valence-corrected chi connectivity index (χ0v) is 12.3. The SMILES string of the molecule is Cc1cnc(C(=O)O[C@H](C)C(=O)c2ccc(Cl)cc2)cn1. The number of hydrogen-bond donors (Lipinski definition) is 0. The summed E-state index contributed by atoms with van der Waals surface area (Å²) in [7, 11) is 0. The largest absolute Gasteiger partial charge is 0.449 e. The van der Waals surface area contributed by atoms with E-state index in [1.165, 1.54) is 19.3 Å². The number of ketones is 1. The molecule has 1 heterocycles. The fraction of sp³-hybridized carbons (Fsp3) is 0.200. The molecule has 0 fully saturated rings. The van der Waals surface area contributed by atoms with Crippen LogP contribution in [0.25, 0.3) is 0 Å². The van der Waals surface area contributed by atoms with Gasteiger partial charge in [0.1, 0.15) is 0 Å². The smallest absolute Gasteiger partial charge is 0.359 e. The predicted molar refractivity (Wildman–Crippen MR) is 77.4 cm³/mol. The molecule has 0 saturated heterocycles. The average Bonchev–Trinajstić information content (AvgIpc) is 2.47. The highest BCUT2D eigenvalue weighted by Gasteiger charge is 2.21. The van der Waals surface area contributed by atoms with Crippen molar-refractivity contribution in [3.63, 3.8) is 0 Å². The molecule has 2 aromatic rings.